The van der Waals surface area contributed by atoms with Crippen molar-refractivity contribution in [3.63, 3.8) is 0 Å². The topological polar surface area (TPSA) is 68.7 Å². The van der Waals surface area contributed by atoms with Crippen molar-refractivity contribution in [1.82, 2.24) is 4.98 Å². The average molecular weight is 420 g/mol. The highest BCUT2D eigenvalue weighted by Gasteiger charge is 2.24. The number of esters is 1. The molecule has 1 N–H and O–H groups in total. The van der Waals surface area contributed by atoms with Crippen molar-refractivity contribution in [2.24, 2.45) is 0 Å². The zero-order valence-electron chi connectivity index (χ0n) is 18.5. The number of ether oxygens (including phenoxy) is 2. The third-order valence-corrected chi connectivity index (χ3v) is 4.87. The average Bonchev–Trinajstić information content (AvgIpc) is 2.72. The summed E-state index contributed by atoms with van der Waals surface area (Å²) in [6, 6.07) is 17.4. The molecular formula is C26H29NO4. The minimum Gasteiger partial charge on any atom is -0.505 e. The molecule has 0 aliphatic carbocycles. The molecule has 0 bridgehead atoms. The first-order chi connectivity index (χ1) is 14.9. The molecule has 162 valence electrons. The van der Waals surface area contributed by atoms with E-state index in [0.29, 0.717) is 24.1 Å². The van der Waals surface area contributed by atoms with Gasteiger partial charge in [-0.05, 0) is 62.6 Å². The van der Waals surface area contributed by atoms with Gasteiger partial charge < -0.3 is 14.6 Å². The van der Waals surface area contributed by atoms with Crippen LogP contribution in [0.15, 0.2) is 54.6 Å². The summed E-state index contributed by atoms with van der Waals surface area (Å²) in [6.07, 6.45) is 1.63. The Kier molecular flexibility index (Phi) is 7.29. The Labute approximate surface area is 183 Å². The van der Waals surface area contributed by atoms with Crippen molar-refractivity contribution in [2.45, 2.75) is 53.1 Å². The second kappa shape index (κ2) is 10.1. The van der Waals surface area contributed by atoms with Crippen LogP contribution in [0.2, 0.25) is 0 Å². The number of pyridine rings is 1. The molecule has 0 aliphatic rings. The van der Waals surface area contributed by atoms with E-state index in [4.69, 9.17) is 14.5 Å². The molecule has 0 saturated carbocycles. The number of rotatable bonds is 8. The first kappa shape index (κ1) is 22.3. The molecule has 5 heteroatoms. The second-order valence-electron chi connectivity index (χ2n) is 7.80. The van der Waals surface area contributed by atoms with Crippen LogP contribution in [0.25, 0.3) is 0 Å². The molecule has 0 saturated heterocycles. The number of benzene rings is 2. The number of hydrogen-bond acceptors (Lipinski definition) is 5. The number of carbonyl (C=O) groups excluding carboxylic acids is 1. The number of aryl methyl sites for hydroxylation is 1. The smallest absolute Gasteiger partial charge is 0.342 e. The van der Waals surface area contributed by atoms with Gasteiger partial charge in [-0.1, -0.05) is 43.7 Å². The molecule has 0 fully saturated rings. The van der Waals surface area contributed by atoms with Gasteiger partial charge in [0.2, 0.25) is 0 Å². The lowest BCUT2D eigenvalue weighted by Gasteiger charge is -2.17. The summed E-state index contributed by atoms with van der Waals surface area (Å²) in [6.45, 7) is 7.39. The van der Waals surface area contributed by atoms with Gasteiger partial charge in [0.05, 0.1) is 11.8 Å². The van der Waals surface area contributed by atoms with E-state index in [-0.39, 0.29) is 17.4 Å². The van der Waals surface area contributed by atoms with Crippen LogP contribution in [0.4, 0.5) is 0 Å². The van der Waals surface area contributed by atoms with E-state index in [2.05, 4.69) is 0 Å². The molecule has 31 heavy (non-hydrogen) atoms. The first-order valence-corrected chi connectivity index (χ1v) is 10.6. The number of hydrogen-bond donors (Lipinski definition) is 1. The Bertz CT molecular complexity index is 1040. The predicted molar refractivity (Wildman–Crippen MR) is 121 cm³/mol. The zero-order chi connectivity index (χ0) is 22.4. The molecule has 0 unspecified atom stereocenters. The fourth-order valence-electron chi connectivity index (χ4n) is 3.41. The van der Waals surface area contributed by atoms with E-state index in [9.17, 15) is 9.90 Å². The van der Waals surface area contributed by atoms with Gasteiger partial charge in [0.25, 0.3) is 0 Å². The van der Waals surface area contributed by atoms with Crippen molar-refractivity contribution >= 4 is 5.97 Å². The molecule has 0 spiro atoms. The maximum absolute atomic E-state index is 12.7. The van der Waals surface area contributed by atoms with Gasteiger partial charge in [-0.15, -0.1) is 0 Å². The highest BCUT2D eigenvalue weighted by molar-refractivity contribution is 5.94. The van der Waals surface area contributed by atoms with Crippen LogP contribution >= 0.6 is 0 Å². The van der Waals surface area contributed by atoms with Crippen molar-refractivity contribution in [3.8, 4) is 17.2 Å². The minimum atomic E-state index is -0.521. The summed E-state index contributed by atoms with van der Waals surface area (Å²) >= 11 is 0. The molecule has 1 aromatic heterocycles. The highest BCUT2D eigenvalue weighted by Crippen LogP contribution is 2.30. The number of para-hydroxylation sites is 1. The molecule has 0 radical (unpaired) electrons. The van der Waals surface area contributed by atoms with Gasteiger partial charge in [0, 0.05) is 12.1 Å². The summed E-state index contributed by atoms with van der Waals surface area (Å²) in [5, 5.41) is 10.7. The van der Waals surface area contributed by atoms with Crippen LogP contribution in [0.3, 0.4) is 0 Å². The molecule has 5 nitrogen and oxygen atoms in total. The van der Waals surface area contributed by atoms with Gasteiger partial charge in [0.1, 0.15) is 17.1 Å². The normalized spacial score (nSPS) is 10.9. The fraction of sp³-hybridized carbons (Fsp3) is 0.308. The number of aromatic hydroxyl groups is 1. The lowest BCUT2D eigenvalue weighted by Crippen LogP contribution is -2.16. The third-order valence-electron chi connectivity index (χ3n) is 4.87. The van der Waals surface area contributed by atoms with E-state index in [0.717, 1.165) is 29.2 Å². The maximum atomic E-state index is 12.7. The van der Waals surface area contributed by atoms with Crippen LogP contribution in [-0.4, -0.2) is 22.2 Å². The summed E-state index contributed by atoms with van der Waals surface area (Å²) in [4.78, 5) is 17.4. The van der Waals surface area contributed by atoms with Crippen LogP contribution in [0.1, 0.15) is 60.1 Å². The largest absolute Gasteiger partial charge is 0.505 e. The second-order valence-corrected chi connectivity index (χ2v) is 7.80. The Morgan fingerprint density at radius 3 is 2.42 bits per heavy atom. The van der Waals surface area contributed by atoms with E-state index >= 15 is 0 Å². The molecule has 3 aromatic rings. The van der Waals surface area contributed by atoms with E-state index in [1.807, 2.05) is 61.5 Å². The van der Waals surface area contributed by atoms with Crippen molar-refractivity contribution in [2.75, 3.05) is 0 Å². The summed E-state index contributed by atoms with van der Waals surface area (Å²) in [5.74, 6) is 0.901. The predicted octanol–water partition coefficient (Wildman–Crippen LogP) is 6.00. The van der Waals surface area contributed by atoms with Gasteiger partial charge in [-0.3, -0.25) is 4.98 Å². The van der Waals surface area contributed by atoms with Crippen LogP contribution in [0.5, 0.6) is 17.2 Å². The Morgan fingerprint density at radius 2 is 1.74 bits per heavy atom. The molecule has 1 heterocycles. The van der Waals surface area contributed by atoms with Crippen LogP contribution < -0.4 is 4.74 Å². The molecule has 3 rings (SSSR count). The molecule has 0 atom stereocenters. The zero-order valence-corrected chi connectivity index (χ0v) is 18.5. The standard InChI is InChI=1S/C26H29NO4/c1-5-10-22-25(28)24(26(29)30-17(2)3)18(4)23(27-22)16-19-11-9-14-21(15-19)31-20-12-7-6-8-13-20/h6-9,11-15,17,28H,5,10,16H2,1-4H3. The van der Waals surface area contributed by atoms with Gasteiger partial charge in [-0.2, -0.15) is 0 Å². The molecule has 0 aliphatic heterocycles. The van der Waals surface area contributed by atoms with Crippen molar-refractivity contribution < 1.29 is 19.4 Å². The Hall–Kier alpha value is -3.34. The Morgan fingerprint density at radius 1 is 1.03 bits per heavy atom. The first-order valence-electron chi connectivity index (χ1n) is 10.6. The number of carbonyl (C=O) groups is 1. The minimum absolute atomic E-state index is 0.0742. The molecule has 2 aromatic carbocycles. The third kappa shape index (κ3) is 5.63. The van der Waals surface area contributed by atoms with Crippen molar-refractivity contribution in [3.05, 3.63) is 82.7 Å². The van der Waals surface area contributed by atoms with E-state index < -0.39 is 5.97 Å². The highest BCUT2D eigenvalue weighted by atomic mass is 16.5. The van der Waals surface area contributed by atoms with E-state index in [1.165, 1.54) is 0 Å². The van der Waals surface area contributed by atoms with Gasteiger partial charge >= 0.3 is 5.97 Å². The summed E-state index contributed by atoms with van der Waals surface area (Å²) in [7, 11) is 0. The number of aromatic nitrogens is 1. The van der Waals surface area contributed by atoms with Crippen LogP contribution in [-0.2, 0) is 17.6 Å². The summed E-state index contributed by atoms with van der Waals surface area (Å²) < 4.78 is 11.3. The summed E-state index contributed by atoms with van der Waals surface area (Å²) in [5.41, 5.74) is 3.11. The quantitative estimate of drug-likeness (QED) is 0.454. The monoisotopic (exact) mass is 419 g/mol. The number of nitrogens with zero attached hydrogens (tertiary/aromatic N) is 1. The molecular weight excluding hydrogens is 390 g/mol. The molecule has 0 amide bonds. The lowest BCUT2D eigenvalue weighted by molar-refractivity contribution is 0.0373. The van der Waals surface area contributed by atoms with E-state index in [1.54, 1.807) is 20.8 Å². The van der Waals surface area contributed by atoms with Gasteiger partial charge in [-0.25, -0.2) is 4.79 Å². The maximum Gasteiger partial charge on any atom is 0.342 e. The van der Waals surface area contributed by atoms with Crippen molar-refractivity contribution in [1.29, 1.82) is 0 Å². The SMILES string of the molecule is CCCc1nc(Cc2cccc(Oc3ccccc3)c2)c(C)c(C(=O)OC(C)C)c1O. The fourth-order valence-corrected chi connectivity index (χ4v) is 3.41. The Balaban J connectivity index is 1.94. The lowest BCUT2D eigenvalue weighted by atomic mass is 9.98. The van der Waals surface area contributed by atoms with Crippen LogP contribution in [0, 0.1) is 6.92 Å². The van der Waals surface area contributed by atoms with Gasteiger partial charge in [0.15, 0.2) is 5.75 Å².